The SMILES string of the molecule is CC(C)C(NC(=O)c1ccccc1)C(=O)N(C)Cc1cccc(Cl)c1. The Bertz CT molecular complexity index is 731. The van der Waals surface area contributed by atoms with Gasteiger partial charge in [-0.3, -0.25) is 9.59 Å². The zero-order valence-corrected chi connectivity index (χ0v) is 15.5. The van der Waals surface area contributed by atoms with Gasteiger partial charge in [-0.15, -0.1) is 0 Å². The third kappa shape index (κ3) is 5.33. The number of halogens is 1. The van der Waals surface area contributed by atoms with Crippen LogP contribution < -0.4 is 5.32 Å². The van der Waals surface area contributed by atoms with Gasteiger partial charge in [0.1, 0.15) is 6.04 Å². The maximum Gasteiger partial charge on any atom is 0.251 e. The molecule has 0 heterocycles. The minimum atomic E-state index is -0.586. The number of carbonyl (C=O) groups excluding carboxylic acids is 2. The van der Waals surface area contributed by atoms with E-state index in [1.54, 1.807) is 42.3 Å². The summed E-state index contributed by atoms with van der Waals surface area (Å²) in [6.07, 6.45) is 0. The molecule has 0 aliphatic rings. The molecule has 0 fully saturated rings. The average Bonchev–Trinajstić information content (AvgIpc) is 2.59. The molecule has 2 aromatic rings. The lowest BCUT2D eigenvalue weighted by Crippen LogP contribution is -2.50. The second-order valence-electron chi connectivity index (χ2n) is 6.39. The Morgan fingerprint density at radius 2 is 1.76 bits per heavy atom. The summed E-state index contributed by atoms with van der Waals surface area (Å²) in [5.74, 6) is -0.398. The Hall–Kier alpha value is -2.33. The molecule has 0 bridgehead atoms. The number of carbonyl (C=O) groups is 2. The van der Waals surface area contributed by atoms with Gasteiger partial charge in [0, 0.05) is 24.2 Å². The minimum Gasteiger partial charge on any atom is -0.340 e. The summed E-state index contributed by atoms with van der Waals surface area (Å²) < 4.78 is 0. The highest BCUT2D eigenvalue weighted by molar-refractivity contribution is 6.30. The average molecular weight is 359 g/mol. The monoisotopic (exact) mass is 358 g/mol. The van der Waals surface area contributed by atoms with Crippen molar-refractivity contribution in [3.8, 4) is 0 Å². The lowest BCUT2D eigenvalue weighted by atomic mass is 10.0. The van der Waals surface area contributed by atoms with E-state index < -0.39 is 6.04 Å². The molecular weight excluding hydrogens is 336 g/mol. The zero-order valence-electron chi connectivity index (χ0n) is 14.7. The highest BCUT2D eigenvalue weighted by atomic mass is 35.5. The molecule has 0 radical (unpaired) electrons. The number of rotatable bonds is 6. The second kappa shape index (κ2) is 8.67. The summed E-state index contributed by atoms with van der Waals surface area (Å²) in [4.78, 5) is 26.8. The van der Waals surface area contributed by atoms with Crippen LogP contribution in [-0.4, -0.2) is 29.8 Å². The van der Waals surface area contributed by atoms with Gasteiger partial charge in [0.2, 0.25) is 5.91 Å². The van der Waals surface area contributed by atoms with Gasteiger partial charge in [-0.25, -0.2) is 0 Å². The van der Waals surface area contributed by atoms with Crippen LogP contribution >= 0.6 is 11.6 Å². The second-order valence-corrected chi connectivity index (χ2v) is 6.82. The summed E-state index contributed by atoms with van der Waals surface area (Å²) >= 11 is 6.00. The van der Waals surface area contributed by atoms with Crippen LogP contribution in [0.2, 0.25) is 5.02 Å². The molecule has 0 aliphatic heterocycles. The Morgan fingerprint density at radius 1 is 1.08 bits per heavy atom. The highest BCUT2D eigenvalue weighted by Gasteiger charge is 2.27. The number of hydrogen-bond acceptors (Lipinski definition) is 2. The molecule has 0 saturated carbocycles. The van der Waals surface area contributed by atoms with Crippen LogP contribution in [0.5, 0.6) is 0 Å². The van der Waals surface area contributed by atoms with E-state index in [1.807, 2.05) is 38.1 Å². The van der Waals surface area contributed by atoms with Crippen LogP contribution in [-0.2, 0) is 11.3 Å². The van der Waals surface area contributed by atoms with Crippen LogP contribution in [0.1, 0.15) is 29.8 Å². The molecule has 0 spiro atoms. The standard InChI is InChI=1S/C20H23ClN2O2/c1-14(2)18(22-19(24)16-9-5-4-6-10-16)20(25)23(3)13-15-8-7-11-17(21)12-15/h4-12,14,18H,13H2,1-3H3,(H,22,24). The molecule has 1 atom stereocenters. The number of benzene rings is 2. The molecule has 1 N–H and O–H groups in total. The summed E-state index contributed by atoms with van der Waals surface area (Å²) in [5.41, 5.74) is 1.48. The molecule has 0 aliphatic carbocycles. The number of hydrogen-bond donors (Lipinski definition) is 1. The largest absolute Gasteiger partial charge is 0.340 e. The summed E-state index contributed by atoms with van der Waals surface area (Å²) in [6, 6.07) is 15.7. The normalized spacial score (nSPS) is 11.9. The molecule has 132 valence electrons. The van der Waals surface area contributed by atoms with Gasteiger partial charge in [-0.2, -0.15) is 0 Å². The van der Waals surface area contributed by atoms with E-state index in [0.717, 1.165) is 5.56 Å². The lowest BCUT2D eigenvalue weighted by Gasteiger charge is -2.27. The van der Waals surface area contributed by atoms with E-state index in [9.17, 15) is 9.59 Å². The Balaban J connectivity index is 2.08. The van der Waals surface area contributed by atoms with E-state index in [0.29, 0.717) is 17.1 Å². The van der Waals surface area contributed by atoms with Gasteiger partial charge in [0.05, 0.1) is 0 Å². The molecule has 1 unspecified atom stereocenters. The fourth-order valence-electron chi connectivity index (χ4n) is 2.55. The van der Waals surface area contributed by atoms with E-state index in [2.05, 4.69) is 5.32 Å². The molecule has 2 rings (SSSR count). The molecule has 25 heavy (non-hydrogen) atoms. The van der Waals surface area contributed by atoms with Crippen LogP contribution in [0.3, 0.4) is 0 Å². The van der Waals surface area contributed by atoms with Crippen molar-refractivity contribution in [1.82, 2.24) is 10.2 Å². The molecule has 0 aromatic heterocycles. The molecule has 4 nitrogen and oxygen atoms in total. The Morgan fingerprint density at radius 3 is 2.36 bits per heavy atom. The van der Waals surface area contributed by atoms with Crippen molar-refractivity contribution >= 4 is 23.4 Å². The predicted octanol–water partition coefficient (Wildman–Crippen LogP) is 3.75. The summed E-state index contributed by atoms with van der Waals surface area (Å²) in [7, 11) is 1.73. The summed E-state index contributed by atoms with van der Waals surface area (Å²) in [5, 5.41) is 3.49. The van der Waals surface area contributed by atoms with Gasteiger partial charge in [0.15, 0.2) is 0 Å². The van der Waals surface area contributed by atoms with Crippen molar-refractivity contribution in [2.45, 2.75) is 26.4 Å². The first-order valence-electron chi connectivity index (χ1n) is 8.24. The van der Waals surface area contributed by atoms with E-state index in [-0.39, 0.29) is 17.7 Å². The van der Waals surface area contributed by atoms with E-state index in [4.69, 9.17) is 11.6 Å². The van der Waals surface area contributed by atoms with Crippen molar-refractivity contribution < 1.29 is 9.59 Å². The zero-order chi connectivity index (χ0) is 18.4. The van der Waals surface area contributed by atoms with Crippen molar-refractivity contribution in [2.75, 3.05) is 7.05 Å². The molecule has 0 saturated heterocycles. The van der Waals surface area contributed by atoms with Gasteiger partial charge in [-0.1, -0.05) is 55.8 Å². The van der Waals surface area contributed by atoms with Crippen molar-refractivity contribution in [1.29, 1.82) is 0 Å². The first kappa shape index (κ1) is 19.0. The first-order chi connectivity index (χ1) is 11.9. The van der Waals surface area contributed by atoms with Gasteiger partial charge in [-0.05, 0) is 35.7 Å². The Labute approximate surface area is 153 Å². The smallest absolute Gasteiger partial charge is 0.251 e. The van der Waals surface area contributed by atoms with E-state index in [1.165, 1.54) is 0 Å². The minimum absolute atomic E-state index is 0.0260. The van der Waals surface area contributed by atoms with Crippen molar-refractivity contribution in [3.05, 3.63) is 70.7 Å². The quantitative estimate of drug-likeness (QED) is 0.854. The van der Waals surface area contributed by atoms with Crippen LogP contribution in [0.25, 0.3) is 0 Å². The number of nitrogens with zero attached hydrogens (tertiary/aromatic N) is 1. The maximum absolute atomic E-state index is 12.8. The third-order valence-corrected chi connectivity index (χ3v) is 4.18. The van der Waals surface area contributed by atoms with Crippen LogP contribution in [0.4, 0.5) is 0 Å². The summed E-state index contributed by atoms with van der Waals surface area (Å²) in [6.45, 7) is 4.27. The number of likely N-dealkylation sites (N-methyl/N-ethyl adjacent to an activating group) is 1. The number of amides is 2. The van der Waals surface area contributed by atoms with Crippen molar-refractivity contribution in [2.24, 2.45) is 5.92 Å². The van der Waals surface area contributed by atoms with Crippen molar-refractivity contribution in [3.63, 3.8) is 0 Å². The molecular formula is C20H23ClN2O2. The number of nitrogens with one attached hydrogen (secondary N) is 1. The fourth-order valence-corrected chi connectivity index (χ4v) is 2.77. The van der Waals surface area contributed by atoms with Crippen LogP contribution in [0, 0.1) is 5.92 Å². The lowest BCUT2D eigenvalue weighted by molar-refractivity contribution is -0.133. The predicted molar refractivity (Wildman–Crippen MR) is 100 cm³/mol. The van der Waals surface area contributed by atoms with Gasteiger partial charge in [0.25, 0.3) is 5.91 Å². The fraction of sp³-hybridized carbons (Fsp3) is 0.300. The first-order valence-corrected chi connectivity index (χ1v) is 8.61. The Kier molecular flexibility index (Phi) is 6.59. The van der Waals surface area contributed by atoms with Crippen LogP contribution in [0.15, 0.2) is 54.6 Å². The molecule has 2 aromatic carbocycles. The maximum atomic E-state index is 12.8. The van der Waals surface area contributed by atoms with E-state index >= 15 is 0 Å². The van der Waals surface area contributed by atoms with Gasteiger partial charge >= 0.3 is 0 Å². The third-order valence-electron chi connectivity index (χ3n) is 3.94. The topological polar surface area (TPSA) is 49.4 Å². The van der Waals surface area contributed by atoms with Gasteiger partial charge < -0.3 is 10.2 Å². The molecule has 2 amide bonds. The molecule has 5 heteroatoms. The highest BCUT2D eigenvalue weighted by Crippen LogP contribution is 2.14.